The Morgan fingerprint density at radius 1 is 1.14 bits per heavy atom. The van der Waals surface area contributed by atoms with Crippen molar-refractivity contribution < 1.29 is 19.5 Å². The summed E-state index contributed by atoms with van der Waals surface area (Å²) < 4.78 is 0. The SMILES string of the molecule is CC(CC(=O)O)NC(=O)CCNC(=O)Cc1ccccc1. The second-order valence-corrected chi connectivity index (χ2v) is 4.83. The normalized spacial score (nSPS) is 11.5. The van der Waals surface area contributed by atoms with E-state index in [2.05, 4.69) is 10.6 Å². The molecule has 1 aromatic rings. The fraction of sp³-hybridized carbons (Fsp3) is 0.400. The molecular weight excluding hydrogens is 272 g/mol. The van der Waals surface area contributed by atoms with E-state index < -0.39 is 12.0 Å². The lowest BCUT2D eigenvalue weighted by Crippen LogP contribution is -2.36. The summed E-state index contributed by atoms with van der Waals surface area (Å²) in [5, 5.41) is 13.8. The van der Waals surface area contributed by atoms with E-state index in [4.69, 9.17) is 5.11 Å². The Labute approximate surface area is 123 Å². The molecule has 1 atom stereocenters. The number of rotatable bonds is 8. The summed E-state index contributed by atoms with van der Waals surface area (Å²) in [6.45, 7) is 1.86. The number of hydrogen-bond donors (Lipinski definition) is 3. The zero-order valence-electron chi connectivity index (χ0n) is 12.0. The average molecular weight is 292 g/mol. The van der Waals surface area contributed by atoms with Crippen molar-refractivity contribution in [1.82, 2.24) is 10.6 Å². The largest absolute Gasteiger partial charge is 0.481 e. The Morgan fingerprint density at radius 3 is 2.43 bits per heavy atom. The summed E-state index contributed by atoms with van der Waals surface area (Å²) in [6.07, 6.45) is 0.286. The van der Waals surface area contributed by atoms with Gasteiger partial charge in [-0.2, -0.15) is 0 Å². The molecular formula is C15H20N2O4. The highest BCUT2D eigenvalue weighted by Crippen LogP contribution is 1.99. The number of carboxylic acid groups (broad SMARTS) is 1. The number of hydrogen-bond acceptors (Lipinski definition) is 3. The minimum Gasteiger partial charge on any atom is -0.481 e. The van der Waals surface area contributed by atoms with Crippen LogP contribution in [0, 0.1) is 0 Å². The molecule has 0 spiro atoms. The first-order valence-corrected chi connectivity index (χ1v) is 6.79. The van der Waals surface area contributed by atoms with Gasteiger partial charge < -0.3 is 15.7 Å². The molecule has 0 bridgehead atoms. The van der Waals surface area contributed by atoms with Crippen LogP contribution in [-0.4, -0.2) is 35.5 Å². The van der Waals surface area contributed by atoms with Gasteiger partial charge in [0.1, 0.15) is 0 Å². The third-order valence-electron chi connectivity index (χ3n) is 2.77. The topological polar surface area (TPSA) is 95.5 Å². The van der Waals surface area contributed by atoms with Crippen molar-refractivity contribution in [3.05, 3.63) is 35.9 Å². The molecule has 0 heterocycles. The van der Waals surface area contributed by atoms with Gasteiger partial charge in [-0.25, -0.2) is 0 Å². The molecule has 0 saturated carbocycles. The smallest absolute Gasteiger partial charge is 0.305 e. The molecule has 0 fully saturated rings. The molecule has 6 heteroatoms. The van der Waals surface area contributed by atoms with Crippen LogP contribution in [0.4, 0.5) is 0 Å². The monoisotopic (exact) mass is 292 g/mol. The van der Waals surface area contributed by atoms with Gasteiger partial charge in [0.05, 0.1) is 12.8 Å². The minimum absolute atomic E-state index is 0.119. The molecule has 0 aliphatic heterocycles. The fourth-order valence-corrected chi connectivity index (χ4v) is 1.82. The Kier molecular flexibility index (Phi) is 6.94. The molecule has 1 unspecified atom stereocenters. The Hall–Kier alpha value is -2.37. The van der Waals surface area contributed by atoms with Gasteiger partial charge in [0.15, 0.2) is 0 Å². The van der Waals surface area contributed by atoms with Gasteiger partial charge in [0, 0.05) is 19.0 Å². The van der Waals surface area contributed by atoms with Crippen LogP contribution in [-0.2, 0) is 20.8 Å². The number of aliphatic carboxylic acids is 1. The predicted octanol–water partition coefficient (Wildman–Crippen LogP) is 0.715. The van der Waals surface area contributed by atoms with E-state index in [0.29, 0.717) is 0 Å². The molecule has 0 aliphatic rings. The van der Waals surface area contributed by atoms with E-state index >= 15 is 0 Å². The third kappa shape index (κ3) is 7.71. The van der Waals surface area contributed by atoms with E-state index in [1.165, 1.54) is 0 Å². The van der Waals surface area contributed by atoms with Gasteiger partial charge in [0.2, 0.25) is 11.8 Å². The quantitative estimate of drug-likeness (QED) is 0.657. The highest BCUT2D eigenvalue weighted by atomic mass is 16.4. The first kappa shape index (κ1) is 16.7. The lowest BCUT2D eigenvalue weighted by atomic mass is 10.1. The minimum atomic E-state index is -0.959. The van der Waals surface area contributed by atoms with Gasteiger partial charge in [-0.1, -0.05) is 30.3 Å². The Balaban J connectivity index is 2.19. The molecule has 2 amide bonds. The summed E-state index contributed by atoms with van der Waals surface area (Å²) in [7, 11) is 0. The van der Waals surface area contributed by atoms with Crippen LogP contribution in [0.15, 0.2) is 30.3 Å². The fourth-order valence-electron chi connectivity index (χ4n) is 1.82. The summed E-state index contributed by atoms with van der Waals surface area (Å²) in [4.78, 5) is 33.6. The second kappa shape index (κ2) is 8.73. The maximum absolute atomic E-state index is 11.6. The van der Waals surface area contributed by atoms with Crippen LogP contribution in [0.2, 0.25) is 0 Å². The average Bonchev–Trinajstić information content (AvgIpc) is 2.38. The highest BCUT2D eigenvalue weighted by Gasteiger charge is 2.11. The molecule has 1 aromatic carbocycles. The molecule has 114 valence electrons. The van der Waals surface area contributed by atoms with E-state index in [9.17, 15) is 14.4 Å². The molecule has 0 aliphatic carbocycles. The van der Waals surface area contributed by atoms with E-state index in [-0.39, 0.29) is 37.6 Å². The summed E-state index contributed by atoms with van der Waals surface area (Å²) in [5.41, 5.74) is 0.912. The molecule has 6 nitrogen and oxygen atoms in total. The van der Waals surface area contributed by atoms with Crippen molar-refractivity contribution in [2.45, 2.75) is 32.2 Å². The number of benzene rings is 1. The van der Waals surface area contributed by atoms with Crippen molar-refractivity contribution in [3.8, 4) is 0 Å². The number of nitrogens with one attached hydrogen (secondary N) is 2. The van der Waals surface area contributed by atoms with Crippen molar-refractivity contribution in [1.29, 1.82) is 0 Å². The van der Waals surface area contributed by atoms with Crippen molar-refractivity contribution in [2.75, 3.05) is 6.54 Å². The summed E-state index contributed by atoms with van der Waals surface area (Å²) in [6, 6.07) is 8.90. The van der Waals surface area contributed by atoms with Gasteiger partial charge in [-0.05, 0) is 12.5 Å². The Bertz CT molecular complexity index is 488. The summed E-state index contributed by atoms with van der Waals surface area (Å²) in [5.74, 6) is -1.38. The highest BCUT2D eigenvalue weighted by molar-refractivity contribution is 5.80. The zero-order valence-corrected chi connectivity index (χ0v) is 12.0. The lowest BCUT2D eigenvalue weighted by molar-refractivity contribution is -0.137. The van der Waals surface area contributed by atoms with Gasteiger partial charge in [0.25, 0.3) is 0 Å². The van der Waals surface area contributed by atoms with Crippen molar-refractivity contribution >= 4 is 17.8 Å². The summed E-state index contributed by atoms with van der Waals surface area (Å²) >= 11 is 0. The number of carboxylic acids is 1. The van der Waals surface area contributed by atoms with E-state index in [0.717, 1.165) is 5.56 Å². The predicted molar refractivity (Wildman–Crippen MR) is 77.6 cm³/mol. The lowest BCUT2D eigenvalue weighted by Gasteiger charge is -2.11. The van der Waals surface area contributed by atoms with Gasteiger partial charge in [-0.15, -0.1) is 0 Å². The first-order chi connectivity index (χ1) is 9.97. The molecule has 1 rings (SSSR count). The zero-order chi connectivity index (χ0) is 15.7. The molecule has 3 N–H and O–H groups in total. The van der Waals surface area contributed by atoms with Crippen LogP contribution in [0.3, 0.4) is 0 Å². The van der Waals surface area contributed by atoms with Crippen molar-refractivity contribution in [3.63, 3.8) is 0 Å². The molecule has 0 radical (unpaired) electrons. The second-order valence-electron chi connectivity index (χ2n) is 4.83. The Morgan fingerprint density at radius 2 is 1.81 bits per heavy atom. The van der Waals surface area contributed by atoms with Crippen LogP contribution in [0.5, 0.6) is 0 Å². The van der Waals surface area contributed by atoms with Crippen LogP contribution < -0.4 is 10.6 Å². The molecule has 0 saturated heterocycles. The maximum Gasteiger partial charge on any atom is 0.305 e. The number of carbonyl (C=O) groups is 3. The maximum atomic E-state index is 11.6. The van der Waals surface area contributed by atoms with Crippen molar-refractivity contribution in [2.24, 2.45) is 0 Å². The van der Waals surface area contributed by atoms with E-state index in [1.54, 1.807) is 6.92 Å². The third-order valence-corrected chi connectivity index (χ3v) is 2.77. The van der Waals surface area contributed by atoms with Crippen LogP contribution in [0.25, 0.3) is 0 Å². The number of carbonyl (C=O) groups excluding carboxylic acids is 2. The number of amides is 2. The van der Waals surface area contributed by atoms with Crippen LogP contribution in [0.1, 0.15) is 25.3 Å². The molecule has 21 heavy (non-hydrogen) atoms. The standard InChI is InChI=1S/C15H20N2O4/c1-11(9-15(20)21)17-13(18)7-8-16-14(19)10-12-5-3-2-4-6-12/h2-6,11H,7-10H2,1H3,(H,16,19)(H,17,18)(H,20,21). The van der Waals surface area contributed by atoms with Gasteiger partial charge in [-0.3, -0.25) is 14.4 Å². The van der Waals surface area contributed by atoms with E-state index in [1.807, 2.05) is 30.3 Å². The van der Waals surface area contributed by atoms with Gasteiger partial charge >= 0.3 is 5.97 Å². The van der Waals surface area contributed by atoms with Crippen LogP contribution >= 0.6 is 0 Å². The first-order valence-electron chi connectivity index (χ1n) is 6.79. The molecule has 0 aromatic heterocycles.